The van der Waals surface area contributed by atoms with Crippen LogP contribution in [0, 0.1) is 18.6 Å². The first-order valence-electron chi connectivity index (χ1n) is 7.68. The first-order valence-corrected chi connectivity index (χ1v) is 7.68. The van der Waals surface area contributed by atoms with E-state index < -0.39 is 11.6 Å². The van der Waals surface area contributed by atoms with E-state index in [4.69, 9.17) is 9.47 Å². The Bertz CT molecular complexity index is 854. The maximum Gasteiger partial charge on any atom is 0.165 e. The normalized spacial score (nSPS) is 10.6. The zero-order valence-corrected chi connectivity index (χ0v) is 14.1. The summed E-state index contributed by atoms with van der Waals surface area (Å²) in [5.74, 6) is -0.535. The average molecular weight is 341 g/mol. The Morgan fingerprint density at radius 3 is 1.84 bits per heavy atom. The molecule has 0 amide bonds. The third-order valence-corrected chi connectivity index (χ3v) is 3.89. The number of pyridine rings is 1. The van der Waals surface area contributed by atoms with E-state index in [0.29, 0.717) is 16.8 Å². The Morgan fingerprint density at radius 2 is 1.28 bits per heavy atom. The maximum absolute atomic E-state index is 14.0. The average Bonchev–Trinajstić information content (AvgIpc) is 2.61. The van der Waals surface area contributed by atoms with Crippen molar-refractivity contribution >= 4 is 0 Å². The van der Waals surface area contributed by atoms with Crippen molar-refractivity contribution < 1.29 is 18.3 Å². The van der Waals surface area contributed by atoms with Gasteiger partial charge in [-0.1, -0.05) is 6.07 Å². The number of halogens is 2. The molecule has 3 rings (SSSR count). The Hall–Kier alpha value is -2.95. The Balaban J connectivity index is 2.06. The van der Waals surface area contributed by atoms with E-state index in [0.717, 1.165) is 11.3 Å². The quantitative estimate of drug-likeness (QED) is 0.668. The molecule has 0 saturated heterocycles. The van der Waals surface area contributed by atoms with Crippen LogP contribution in [0.25, 0.3) is 22.4 Å². The van der Waals surface area contributed by atoms with Gasteiger partial charge in [0.25, 0.3) is 0 Å². The number of benzene rings is 2. The van der Waals surface area contributed by atoms with Gasteiger partial charge in [0.15, 0.2) is 23.1 Å². The molecule has 0 aliphatic carbocycles. The van der Waals surface area contributed by atoms with Gasteiger partial charge in [-0.25, -0.2) is 8.78 Å². The number of aryl methyl sites for hydroxylation is 1. The van der Waals surface area contributed by atoms with E-state index in [-0.39, 0.29) is 11.5 Å². The van der Waals surface area contributed by atoms with Gasteiger partial charge in [0.05, 0.1) is 19.9 Å². The summed E-state index contributed by atoms with van der Waals surface area (Å²) in [4.78, 5) is 4.46. The third kappa shape index (κ3) is 3.45. The lowest BCUT2D eigenvalue weighted by molar-refractivity contribution is 0.386. The highest BCUT2D eigenvalue weighted by Gasteiger charge is 2.10. The standard InChI is InChI=1S/C20H17F2NO2/c1-12-8-15(13-4-6-19(24-2)16(21)9-13)11-18(23-12)14-5-7-20(25-3)17(22)10-14/h4-11H,1-3H3. The van der Waals surface area contributed by atoms with Gasteiger partial charge in [0.2, 0.25) is 0 Å². The molecule has 3 aromatic rings. The topological polar surface area (TPSA) is 31.4 Å². The molecule has 0 radical (unpaired) electrons. The first kappa shape index (κ1) is 16.9. The van der Waals surface area contributed by atoms with E-state index in [1.54, 1.807) is 30.3 Å². The molecule has 0 unspecified atom stereocenters. The highest BCUT2D eigenvalue weighted by Crippen LogP contribution is 2.30. The molecule has 0 aliphatic rings. The molecule has 3 nitrogen and oxygen atoms in total. The van der Waals surface area contributed by atoms with E-state index in [9.17, 15) is 8.78 Å². The monoisotopic (exact) mass is 341 g/mol. The fourth-order valence-electron chi connectivity index (χ4n) is 2.65. The second kappa shape index (κ2) is 6.89. The molecule has 0 atom stereocenters. The summed E-state index contributed by atoms with van der Waals surface area (Å²) in [6.45, 7) is 1.84. The van der Waals surface area contributed by atoms with Crippen LogP contribution in [-0.2, 0) is 0 Å². The first-order chi connectivity index (χ1) is 12.0. The molecule has 1 heterocycles. The molecule has 1 aromatic heterocycles. The summed E-state index contributed by atoms with van der Waals surface area (Å²) in [7, 11) is 2.84. The van der Waals surface area contributed by atoms with Crippen LogP contribution < -0.4 is 9.47 Å². The molecular weight excluding hydrogens is 324 g/mol. The number of rotatable bonds is 4. The van der Waals surface area contributed by atoms with Gasteiger partial charge in [-0.2, -0.15) is 0 Å². The number of nitrogens with zero attached hydrogens (tertiary/aromatic N) is 1. The molecule has 0 saturated carbocycles. The van der Waals surface area contributed by atoms with Crippen molar-refractivity contribution in [3.8, 4) is 33.9 Å². The van der Waals surface area contributed by atoms with Crippen molar-refractivity contribution in [3.63, 3.8) is 0 Å². The van der Waals surface area contributed by atoms with Gasteiger partial charge in [0, 0.05) is 11.3 Å². The molecule has 2 aromatic carbocycles. The van der Waals surface area contributed by atoms with Crippen molar-refractivity contribution in [1.82, 2.24) is 4.98 Å². The van der Waals surface area contributed by atoms with E-state index in [1.807, 2.05) is 13.0 Å². The summed E-state index contributed by atoms with van der Waals surface area (Å²) >= 11 is 0. The number of hydrogen-bond donors (Lipinski definition) is 0. The van der Waals surface area contributed by atoms with Crippen LogP contribution in [0.1, 0.15) is 5.69 Å². The molecule has 128 valence electrons. The molecule has 0 N–H and O–H groups in total. The van der Waals surface area contributed by atoms with Crippen molar-refractivity contribution in [2.75, 3.05) is 14.2 Å². The lowest BCUT2D eigenvalue weighted by Gasteiger charge is -2.10. The van der Waals surface area contributed by atoms with Gasteiger partial charge in [-0.05, 0) is 60.5 Å². The predicted molar refractivity (Wildman–Crippen MR) is 92.9 cm³/mol. The number of aromatic nitrogens is 1. The van der Waals surface area contributed by atoms with E-state index >= 15 is 0 Å². The van der Waals surface area contributed by atoms with Crippen LogP contribution in [0.2, 0.25) is 0 Å². The highest BCUT2D eigenvalue weighted by atomic mass is 19.1. The number of ether oxygens (including phenoxy) is 2. The second-order valence-electron chi connectivity index (χ2n) is 5.58. The Kier molecular flexibility index (Phi) is 4.65. The van der Waals surface area contributed by atoms with Gasteiger partial charge < -0.3 is 9.47 Å². The van der Waals surface area contributed by atoms with Crippen LogP contribution in [-0.4, -0.2) is 19.2 Å². The zero-order chi connectivity index (χ0) is 18.0. The Morgan fingerprint density at radius 1 is 0.720 bits per heavy atom. The molecular formula is C20H17F2NO2. The molecule has 0 spiro atoms. The minimum atomic E-state index is -0.458. The van der Waals surface area contributed by atoms with Gasteiger partial charge in [-0.3, -0.25) is 4.98 Å². The molecule has 0 aliphatic heterocycles. The summed E-state index contributed by atoms with van der Waals surface area (Å²) in [5.41, 5.74) is 3.46. The SMILES string of the molecule is COc1ccc(-c2cc(C)nc(-c3ccc(OC)c(F)c3)c2)cc1F. The van der Waals surface area contributed by atoms with Crippen molar-refractivity contribution in [1.29, 1.82) is 0 Å². The van der Waals surface area contributed by atoms with Gasteiger partial charge in [-0.15, -0.1) is 0 Å². The highest BCUT2D eigenvalue weighted by molar-refractivity contribution is 5.71. The summed E-state index contributed by atoms with van der Waals surface area (Å²) < 4.78 is 37.9. The minimum Gasteiger partial charge on any atom is -0.494 e. The van der Waals surface area contributed by atoms with Crippen LogP contribution >= 0.6 is 0 Å². The molecule has 25 heavy (non-hydrogen) atoms. The summed E-state index contributed by atoms with van der Waals surface area (Å²) in [5, 5.41) is 0. The zero-order valence-electron chi connectivity index (χ0n) is 14.1. The van der Waals surface area contributed by atoms with Crippen molar-refractivity contribution in [3.05, 3.63) is 65.9 Å². The van der Waals surface area contributed by atoms with Crippen LogP contribution in [0.4, 0.5) is 8.78 Å². The lowest BCUT2D eigenvalue weighted by atomic mass is 10.0. The van der Waals surface area contributed by atoms with E-state index in [1.165, 1.54) is 26.4 Å². The third-order valence-electron chi connectivity index (χ3n) is 3.89. The predicted octanol–water partition coefficient (Wildman–Crippen LogP) is 5.02. The minimum absolute atomic E-state index is 0.175. The number of methoxy groups -OCH3 is 2. The fraction of sp³-hybridized carbons (Fsp3) is 0.150. The van der Waals surface area contributed by atoms with E-state index in [2.05, 4.69) is 4.98 Å². The van der Waals surface area contributed by atoms with Crippen molar-refractivity contribution in [2.24, 2.45) is 0 Å². The number of hydrogen-bond acceptors (Lipinski definition) is 3. The second-order valence-corrected chi connectivity index (χ2v) is 5.58. The molecule has 0 bridgehead atoms. The maximum atomic E-state index is 14.0. The smallest absolute Gasteiger partial charge is 0.165 e. The lowest BCUT2D eigenvalue weighted by Crippen LogP contribution is -1.93. The van der Waals surface area contributed by atoms with Crippen LogP contribution in [0.3, 0.4) is 0 Å². The summed E-state index contributed by atoms with van der Waals surface area (Å²) in [6, 6.07) is 13.1. The van der Waals surface area contributed by atoms with Crippen molar-refractivity contribution in [2.45, 2.75) is 6.92 Å². The van der Waals surface area contributed by atoms with Crippen LogP contribution in [0.5, 0.6) is 11.5 Å². The summed E-state index contributed by atoms with van der Waals surface area (Å²) in [6.07, 6.45) is 0. The molecule has 0 fully saturated rings. The Labute approximate surface area is 144 Å². The van der Waals surface area contributed by atoms with Gasteiger partial charge in [0.1, 0.15) is 0 Å². The largest absolute Gasteiger partial charge is 0.494 e. The van der Waals surface area contributed by atoms with Gasteiger partial charge >= 0.3 is 0 Å². The molecule has 5 heteroatoms. The van der Waals surface area contributed by atoms with Crippen LogP contribution in [0.15, 0.2) is 48.5 Å². The fourth-order valence-corrected chi connectivity index (χ4v) is 2.65.